The van der Waals surface area contributed by atoms with E-state index in [2.05, 4.69) is 5.32 Å². The third kappa shape index (κ3) is 2.17. The van der Waals surface area contributed by atoms with Crippen LogP contribution in [0.5, 0.6) is 5.75 Å². The number of phenols is 1. The zero-order chi connectivity index (χ0) is 14.3. The Labute approximate surface area is 118 Å². The topological polar surface area (TPSA) is 84.6 Å². The summed E-state index contributed by atoms with van der Waals surface area (Å²) in [5.74, 6) is 0.274. The van der Waals surface area contributed by atoms with Crippen molar-refractivity contribution < 1.29 is 14.6 Å². The van der Waals surface area contributed by atoms with E-state index in [1.165, 1.54) is 6.07 Å². The molecule has 0 spiro atoms. The number of nitrogens with one attached hydrogen (secondary N) is 1. The lowest BCUT2D eigenvalue weighted by molar-refractivity contribution is -0.117. The smallest absolute Gasteiger partial charge is 0.251 e. The molecule has 1 heterocycles. The van der Waals surface area contributed by atoms with Crippen molar-refractivity contribution in [2.75, 3.05) is 6.61 Å². The van der Waals surface area contributed by atoms with E-state index in [0.29, 0.717) is 11.5 Å². The fourth-order valence-corrected chi connectivity index (χ4v) is 3.11. The van der Waals surface area contributed by atoms with Gasteiger partial charge in [0.05, 0.1) is 12.1 Å². The molecule has 1 aliphatic heterocycles. The number of phenolic OH excluding ortho intramolecular Hbond substituents is 1. The molecule has 1 amide bonds. The van der Waals surface area contributed by atoms with E-state index < -0.39 is 0 Å². The van der Waals surface area contributed by atoms with Crippen molar-refractivity contribution in [1.29, 1.82) is 0 Å². The largest absolute Gasteiger partial charge is 0.508 e. The molecular weight excluding hydrogens is 256 g/mol. The lowest BCUT2D eigenvalue weighted by Gasteiger charge is -2.52. The normalized spacial score (nSPS) is 32.1. The molecule has 5 heteroatoms. The molecule has 20 heavy (non-hydrogen) atoms. The van der Waals surface area contributed by atoms with Crippen LogP contribution in [0.4, 0.5) is 0 Å². The molecule has 1 aliphatic carbocycles. The molecule has 2 aliphatic rings. The second-order valence-corrected chi connectivity index (χ2v) is 5.72. The van der Waals surface area contributed by atoms with Gasteiger partial charge in [0.25, 0.3) is 5.91 Å². The SMILES string of the molecule is Cc1ccc(C(=O)NC2C(N)C3CCCOC32)cc1O. The van der Waals surface area contributed by atoms with Gasteiger partial charge in [-0.25, -0.2) is 0 Å². The number of nitrogens with two attached hydrogens (primary N) is 1. The standard InChI is InChI=1S/C15H20N2O3/c1-8-4-5-9(7-11(8)18)15(19)17-13-12(16)10-3-2-6-20-14(10)13/h4-5,7,10,12-14,18H,2-3,6,16H2,1H3,(H,17,19). The Bertz CT molecular complexity index is 532. The van der Waals surface area contributed by atoms with Gasteiger partial charge in [-0.2, -0.15) is 0 Å². The Balaban J connectivity index is 1.68. The van der Waals surface area contributed by atoms with Crippen molar-refractivity contribution in [3.05, 3.63) is 29.3 Å². The van der Waals surface area contributed by atoms with Gasteiger partial charge in [0.2, 0.25) is 0 Å². The molecule has 5 nitrogen and oxygen atoms in total. The summed E-state index contributed by atoms with van der Waals surface area (Å²) in [5.41, 5.74) is 7.31. The Hall–Kier alpha value is -1.59. The minimum atomic E-state index is -0.214. The van der Waals surface area contributed by atoms with Crippen LogP contribution in [0.1, 0.15) is 28.8 Å². The summed E-state index contributed by atoms with van der Waals surface area (Å²) >= 11 is 0. The zero-order valence-electron chi connectivity index (χ0n) is 11.5. The maximum Gasteiger partial charge on any atom is 0.251 e. The summed E-state index contributed by atoms with van der Waals surface area (Å²) in [7, 11) is 0. The number of hydrogen-bond donors (Lipinski definition) is 3. The maximum absolute atomic E-state index is 12.2. The summed E-state index contributed by atoms with van der Waals surface area (Å²) < 4.78 is 5.70. The Morgan fingerprint density at radius 1 is 1.50 bits per heavy atom. The first-order valence-electron chi connectivity index (χ1n) is 7.05. The van der Waals surface area contributed by atoms with E-state index in [-0.39, 0.29) is 29.8 Å². The van der Waals surface area contributed by atoms with Gasteiger partial charge in [0.15, 0.2) is 0 Å². The van der Waals surface area contributed by atoms with E-state index >= 15 is 0 Å². The average Bonchev–Trinajstić information content (AvgIpc) is 2.47. The summed E-state index contributed by atoms with van der Waals surface area (Å²) in [6, 6.07) is 4.74. The molecular formula is C15H20N2O3. The van der Waals surface area contributed by atoms with Gasteiger partial charge in [-0.3, -0.25) is 4.79 Å². The number of fused-ring (bicyclic) bond motifs is 1. The molecule has 0 aromatic heterocycles. The predicted octanol–water partition coefficient (Wildman–Crippen LogP) is 0.935. The Morgan fingerprint density at radius 2 is 2.30 bits per heavy atom. The molecule has 3 rings (SSSR count). The van der Waals surface area contributed by atoms with Crippen LogP contribution in [0.15, 0.2) is 18.2 Å². The number of benzene rings is 1. The van der Waals surface area contributed by atoms with Crippen LogP contribution in [0.25, 0.3) is 0 Å². The summed E-state index contributed by atoms with van der Waals surface area (Å²) in [4.78, 5) is 12.2. The first kappa shape index (κ1) is 13.4. The molecule has 108 valence electrons. The van der Waals surface area contributed by atoms with Gasteiger partial charge in [0.1, 0.15) is 5.75 Å². The number of hydrogen-bond acceptors (Lipinski definition) is 4. The highest BCUT2D eigenvalue weighted by Crippen LogP contribution is 2.37. The third-order valence-corrected chi connectivity index (χ3v) is 4.45. The highest BCUT2D eigenvalue weighted by atomic mass is 16.5. The van der Waals surface area contributed by atoms with Gasteiger partial charge in [0, 0.05) is 24.1 Å². The molecule has 1 aromatic rings. The fourth-order valence-electron chi connectivity index (χ4n) is 3.11. The monoisotopic (exact) mass is 276 g/mol. The number of carbonyl (C=O) groups excluding carboxylic acids is 1. The predicted molar refractivity (Wildman–Crippen MR) is 74.5 cm³/mol. The van der Waals surface area contributed by atoms with E-state index in [9.17, 15) is 9.90 Å². The van der Waals surface area contributed by atoms with E-state index in [1.54, 1.807) is 19.1 Å². The highest BCUT2D eigenvalue weighted by Gasteiger charge is 2.51. The molecule has 1 saturated heterocycles. The number of amides is 1. The van der Waals surface area contributed by atoms with Crippen LogP contribution in [0.3, 0.4) is 0 Å². The van der Waals surface area contributed by atoms with Crippen LogP contribution in [-0.4, -0.2) is 35.8 Å². The van der Waals surface area contributed by atoms with Crippen molar-refractivity contribution in [2.24, 2.45) is 11.7 Å². The second-order valence-electron chi connectivity index (χ2n) is 5.72. The van der Waals surface area contributed by atoms with Gasteiger partial charge in [-0.05, 0) is 37.5 Å². The van der Waals surface area contributed by atoms with Crippen molar-refractivity contribution in [3.8, 4) is 5.75 Å². The molecule has 4 N–H and O–H groups in total. The zero-order valence-corrected chi connectivity index (χ0v) is 11.5. The van der Waals surface area contributed by atoms with Crippen LogP contribution in [0, 0.1) is 12.8 Å². The van der Waals surface area contributed by atoms with E-state index in [4.69, 9.17) is 10.5 Å². The number of carbonyl (C=O) groups is 1. The van der Waals surface area contributed by atoms with E-state index in [1.807, 2.05) is 0 Å². The van der Waals surface area contributed by atoms with E-state index in [0.717, 1.165) is 25.0 Å². The maximum atomic E-state index is 12.2. The lowest BCUT2D eigenvalue weighted by Crippen LogP contribution is -2.72. The van der Waals surface area contributed by atoms with Gasteiger partial charge in [-0.1, -0.05) is 6.07 Å². The first-order chi connectivity index (χ1) is 9.58. The summed E-state index contributed by atoms with van der Waals surface area (Å²) in [6.07, 6.45) is 2.16. The molecule has 0 radical (unpaired) electrons. The van der Waals surface area contributed by atoms with Crippen LogP contribution in [0.2, 0.25) is 0 Å². The quantitative estimate of drug-likeness (QED) is 0.750. The highest BCUT2D eigenvalue weighted by molar-refractivity contribution is 5.95. The van der Waals surface area contributed by atoms with Gasteiger partial charge in [-0.15, -0.1) is 0 Å². The number of ether oxygens (including phenoxy) is 1. The fraction of sp³-hybridized carbons (Fsp3) is 0.533. The Kier molecular flexibility index (Phi) is 3.40. The molecule has 2 fully saturated rings. The van der Waals surface area contributed by atoms with Crippen LogP contribution >= 0.6 is 0 Å². The third-order valence-electron chi connectivity index (χ3n) is 4.45. The number of aromatic hydroxyl groups is 1. The van der Waals surface area contributed by atoms with Crippen molar-refractivity contribution in [2.45, 2.75) is 38.0 Å². The summed E-state index contributed by atoms with van der Waals surface area (Å²) in [5, 5.41) is 12.6. The van der Waals surface area contributed by atoms with Gasteiger partial charge >= 0.3 is 0 Å². The van der Waals surface area contributed by atoms with Crippen molar-refractivity contribution in [1.82, 2.24) is 5.32 Å². The molecule has 0 bridgehead atoms. The van der Waals surface area contributed by atoms with Gasteiger partial charge < -0.3 is 20.9 Å². The Morgan fingerprint density at radius 3 is 3.05 bits per heavy atom. The van der Waals surface area contributed by atoms with Crippen molar-refractivity contribution >= 4 is 5.91 Å². The average molecular weight is 276 g/mol. The summed E-state index contributed by atoms with van der Waals surface area (Å²) in [6.45, 7) is 2.53. The molecule has 4 atom stereocenters. The van der Waals surface area contributed by atoms with Crippen molar-refractivity contribution in [3.63, 3.8) is 0 Å². The first-order valence-corrected chi connectivity index (χ1v) is 7.05. The lowest BCUT2D eigenvalue weighted by atomic mass is 9.68. The minimum absolute atomic E-state index is 0.0386. The minimum Gasteiger partial charge on any atom is -0.508 e. The number of aryl methyl sites for hydroxylation is 1. The number of rotatable bonds is 2. The molecule has 4 unspecified atom stereocenters. The second kappa shape index (κ2) is 5.07. The van der Waals surface area contributed by atoms with Crippen LogP contribution < -0.4 is 11.1 Å². The van der Waals surface area contributed by atoms with Crippen LogP contribution in [-0.2, 0) is 4.74 Å². The molecule has 1 saturated carbocycles. The molecule has 1 aromatic carbocycles.